The fraction of sp³-hybridized carbons (Fsp3) is 0.700. The maximum atomic E-state index is 13.7. The third-order valence-electron chi connectivity index (χ3n) is 8.54. The third kappa shape index (κ3) is 9.00. The molecule has 0 aliphatic carbocycles. The van der Waals surface area contributed by atoms with E-state index in [1.54, 1.807) is 0 Å². The molecule has 2 rings (SSSR count). The lowest BCUT2D eigenvalue weighted by molar-refractivity contribution is -0.144. The van der Waals surface area contributed by atoms with Crippen LogP contribution in [0.4, 0.5) is 0 Å². The Morgan fingerprint density at radius 1 is 0.976 bits per heavy atom. The van der Waals surface area contributed by atoms with E-state index in [4.69, 9.17) is 18.3 Å². The largest absolute Gasteiger partial charge is 0.543 e. The Kier molecular flexibility index (Phi) is 11.6. The van der Waals surface area contributed by atoms with E-state index in [-0.39, 0.29) is 34.8 Å². The summed E-state index contributed by atoms with van der Waals surface area (Å²) in [5, 5.41) is 2.68. The SMILES string of the molecule is COC(=O)[C@@H]1CSCc2c(O[Si](C)(C)C(C)(C)C)cc(O[Si](C)(C)C(C)(C)C)c(C)c2C(=O)OCCCCC(=O)N1. The van der Waals surface area contributed by atoms with E-state index in [9.17, 15) is 14.4 Å². The van der Waals surface area contributed by atoms with Gasteiger partial charge in [0.05, 0.1) is 19.3 Å². The average molecular weight is 626 g/mol. The molecule has 0 bridgehead atoms. The lowest BCUT2D eigenvalue weighted by Crippen LogP contribution is -2.45. The van der Waals surface area contributed by atoms with Crippen molar-refractivity contribution in [2.45, 2.75) is 116 Å². The Morgan fingerprint density at radius 3 is 2.07 bits per heavy atom. The molecule has 0 saturated heterocycles. The maximum Gasteiger partial charge on any atom is 0.338 e. The van der Waals surface area contributed by atoms with Gasteiger partial charge in [-0.15, -0.1) is 0 Å². The number of thioether (sulfide) groups is 1. The second kappa shape index (κ2) is 13.5. The van der Waals surface area contributed by atoms with Gasteiger partial charge in [-0.05, 0) is 56.0 Å². The molecule has 232 valence electrons. The number of fused-ring (bicyclic) bond motifs is 1. The van der Waals surface area contributed by atoms with Crippen molar-refractivity contribution in [3.8, 4) is 11.5 Å². The number of carbonyl (C=O) groups excluding carboxylic acids is 3. The first-order valence-corrected chi connectivity index (χ1v) is 21.4. The van der Waals surface area contributed by atoms with Gasteiger partial charge in [0.15, 0.2) is 0 Å². The molecule has 0 saturated carbocycles. The average Bonchev–Trinajstić information content (AvgIpc) is 2.82. The summed E-state index contributed by atoms with van der Waals surface area (Å²) in [5.74, 6) is 0.768. The van der Waals surface area contributed by atoms with Crippen LogP contribution in [0.25, 0.3) is 0 Å². The van der Waals surface area contributed by atoms with Crippen molar-refractivity contribution in [3.05, 3.63) is 22.8 Å². The molecule has 11 heteroatoms. The Bertz CT molecular complexity index is 1120. The Balaban J connectivity index is 2.73. The van der Waals surface area contributed by atoms with E-state index >= 15 is 0 Å². The predicted octanol–water partition coefficient (Wildman–Crippen LogP) is 6.99. The minimum atomic E-state index is -2.33. The van der Waals surface area contributed by atoms with Crippen LogP contribution in [0.1, 0.15) is 82.3 Å². The Morgan fingerprint density at radius 2 is 1.54 bits per heavy atom. The van der Waals surface area contributed by atoms with Crippen molar-refractivity contribution < 1.29 is 32.7 Å². The van der Waals surface area contributed by atoms with Crippen LogP contribution in [-0.4, -0.2) is 60.0 Å². The van der Waals surface area contributed by atoms with Crippen LogP contribution in [0.3, 0.4) is 0 Å². The topological polar surface area (TPSA) is 100 Å². The van der Waals surface area contributed by atoms with E-state index in [0.717, 1.165) is 11.1 Å². The predicted molar refractivity (Wildman–Crippen MR) is 171 cm³/mol. The number of amides is 1. The van der Waals surface area contributed by atoms with Crippen LogP contribution < -0.4 is 14.2 Å². The molecule has 1 N–H and O–H groups in total. The highest BCUT2D eigenvalue weighted by atomic mass is 32.2. The van der Waals surface area contributed by atoms with Crippen molar-refractivity contribution in [2.75, 3.05) is 19.5 Å². The summed E-state index contributed by atoms with van der Waals surface area (Å²) < 4.78 is 24.4. The number of hydrogen-bond donors (Lipinski definition) is 1. The summed E-state index contributed by atoms with van der Waals surface area (Å²) in [6.45, 7) is 23.9. The summed E-state index contributed by atoms with van der Waals surface area (Å²) >= 11 is 1.44. The fourth-order valence-electron chi connectivity index (χ4n) is 3.74. The fourth-order valence-corrected chi connectivity index (χ4v) is 6.91. The molecule has 0 unspecified atom stereocenters. The summed E-state index contributed by atoms with van der Waals surface area (Å²) in [6.07, 6.45) is 1.29. The molecule has 1 heterocycles. The number of carbonyl (C=O) groups is 3. The molecule has 1 aliphatic heterocycles. The molecule has 0 aromatic heterocycles. The van der Waals surface area contributed by atoms with E-state index < -0.39 is 34.6 Å². The zero-order chi connectivity index (χ0) is 31.4. The van der Waals surface area contributed by atoms with Crippen molar-refractivity contribution in [1.82, 2.24) is 5.32 Å². The number of cyclic esters (lactones) is 1. The van der Waals surface area contributed by atoms with Crippen molar-refractivity contribution in [1.29, 1.82) is 0 Å². The number of methoxy groups -OCH3 is 1. The molecule has 1 atom stereocenters. The first kappa shape index (κ1) is 35.2. The third-order valence-corrected chi connectivity index (χ3v) is 18.3. The molecule has 41 heavy (non-hydrogen) atoms. The number of esters is 2. The van der Waals surface area contributed by atoms with Gasteiger partial charge < -0.3 is 23.6 Å². The van der Waals surface area contributed by atoms with Crippen molar-refractivity contribution in [2.24, 2.45) is 0 Å². The quantitative estimate of drug-likeness (QED) is 0.276. The van der Waals surface area contributed by atoms with Gasteiger partial charge in [-0.1, -0.05) is 41.5 Å². The highest BCUT2D eigenvalue weighted by molar-refractivity contribution is 7.98. The molecule has 1 aromatic rings. The first-order valence-electron chi connectivity index (χ1n) is 14.4. The second-order valence-electron chi connectivity index (χ2n) is 13.8. The van der Waals surface area contributed by atoms with Gasteiger partial charge in [-0.25, -0.2) is 9.59 Å². The van der Waals surface area contributed by atoms with Gasteiger partial charge >= 0.3 is 11.9 Å². The normalized spacial score (nSPS) is 18.4. The zero-order valence-electron chi connectivity index (χ0n) is 27.2. The molecular weight excluding hydrogens is 575 g/mol. The molecule has 0 radical (unpaired) electrons. The van der Waals surface area contributed by atoms with Crippen LogP contribution in [0.5, 0.6) is 11.5 Å². The van der Waals surface area contributed by atoms with Crippen LogP contribution in [0.2, 0.25) is 36.3 Å². The van der Waals surface area contributed by atoms with Crippen molar-refractivity contribution >= 4 is 46.2 Å². The highest BCUT2D eigenvalue weighted by Crippen LogP contribution is 2.45. The molecular formula is C30H51NO7SSi2. The number of ether oxygens (including phenoxy) is 2. The minimum absolute atomic E-state index is 0.0455. The number of nitrogens with one attached hydrogen (secondary N) is 1. The summed E-state index contributed by atoms with van der Waals surface area (Å²) in [6, 6.07) is 1.16. The molecule has 1 aliphatic rings. The number of rotatable bonds is 5. The van der Waals surface area contributed by atoms with Gasteiger partial charge in [0.2, 0.25) is 22.5 Å². The smallest absolute Gasteiger partial charge is 0.338 e. The van der Waals surface area contributed by atoms with Gasteiger partial charge in [-0.3, -0.25) is 4.79 Å². The lowest BCUT2D eigenvalue weighted by atomic mass is 10.0. The number of benzene rings is 1. The van der Waals surface area contributed by atoms with Crippen LogP contribution in [0.15, 0.2) is 6.07 Å². The monoisotopic (exact) mass is 625 g/mol. The van der Waals surface area contributed by atoms with E-state index in [1.165, 1.54) is 18.9 Å². The Hall–Kier alpha value is -1.99. The molecule has 1 aromatic carbocycles. The molecule has 0 fully saturated rings. The summed E-state index contributed by atoms with van der Waals surface area (Å²) in [4.78, 5) is 38.7. The van der Waals surface area contributed by atoms with Crippen LogP contribution in [0, 0.1) is 6.92 Å². The Labute approximate surface area is 253 Å². The van der Waals surface area contributed by atoms with Gasteiger partial charge in [0.25, 0.3) is 0 Å². The van der Waals surface area contributed by atoms with E-state index in [2.05, 4.69) is 73.0 Å². The maximum absolute atomic E-state index is 13.7. The molecule has 8 nitrogen and oxygen atoms in total. The minimum Gasteiger partial charge on any atom is -0.543 e. The van der Waals surface area contributed by atoms with E-state index in [0.29, 0.717) is 35.7 Å². The zero-order valence-corrected chi connectivity index (χ0v) is 30.0. The first-order chi connectivity index (χ1) is 18.7. The lowest BCUT2D eigenvalue weighted by Gasteiger charge is -2.39. The van der Waals surface area contributed by atoms with E-state index in [1.807, 2.05) is 13.0 Å². The van der Waals surface area contributed by atoms with Gasteiger partial charge in [0, 0.05) is 35.1 Å². The van der Waals surface area contributed by atoms with Crippen LogP contribution in [-0.2, 0) is 24.8 Å². The second-order valence-corrected chi connectivity index (χ2v) is 24.3. The van der Waals surface area contributed by atoms with Crippen molar-refractivity contribution in [3.63, 3.8) is 0 Å². The summed E-state index contributed by atoms with van der Waals surface area (Å²) in [7, 11) is -3.27. The molecule has 0 spiro atoms. The highest BCUT2D eigenvalue weighted by Gasteiger charge is 2.42. The van der Waals surface area contributed by atoms with Crippen LogP contribution >= 0.6 is 11.8 Å². The summed E-state index contributed by atoms with van der Waals surface area (Å²) in [5.41, 5.74) is 1.90. The van der Waals surface area contributed by atoms with Gasteiger partial charge in [-0.2, -0.15) is 11.8 Å². The standard InChI is InChI=1S/C30H51NO7SSi2/c1-20-23(37-40(9,10)29(2,3)4)17-24(38-41(11,12)30(5,6)7)21-18-39-19-22(27(33)35-8)31-25(32)15-13-14-16-36-28(34)26(20)21/h17,22H,13-16,18-19H2,1-12H3,(H,31,32)/t22-/m0/s1. The molecule has 1 amide bonds. The number of hydrogen-bond acceptors (Lipinski definition) is 8. The van der Waals surface area contributed by atoms with Gasteiger partial charge in [0.1, 0.15) is 17.5 Å².